The lowest BCUT2D eigenvalue weighted by atomic mass is 10.0. The van der Waals surface area contributed by atoms with Crippen LogP contribution in [0.25, 0.3) is 22.0 Å². The molecule has 0 aliphatic rings. The molecule has 4 heteroatoms. The molecule has 1 heterocycles. The maximum atomic E-state index is 11.8. The van der Waals surface area contributed by atoms with Crippen LogP contribution in [0, 0.1) is 6.92 Å². The van der Waals surface area contributed by atoms with Crippen molar-refractivity contribution in [2.45, 2.75) is 6.92 Å². The summed E-state index contributed by atoms with van der Waals surface area (Å²) in [7, 11) is 1.35. The monoisotopic (exact) mass is 267 g/mol. The zero-order valence-electron chi connectivity index (χ0n) is 11.2. The molecule has 3 rings (SSSR count). The smallest absolute Gasteiger partial charge is 0.343 e. The number of hydrogen-bond acceptors (Lipinski definition) is 4. The molecule has 0 radical (unpaired) electrons. The van der Waals surface area contributed by atoms with E-state index in [4.69, 9.17) is 9.26 Å². The highest BCUT2D eigenvalue weighted by Gasteiger charge is 2.22. The molecule has 0 saturated carbocycles. The topological polar surface area (TPSA) is 52.3 Å². The van der Waals surface area contributed by atoms with Crippen LogP contribution in [0.4, 0.5) is 0 Å². The summed E-state index contributed by atoms with van der Waals surface area (Å²) in [6, 6.07) is 13.9. The Kier molecular flexibility index (Phi) is 2.99. The molecule has 0 atom stereocenters. The van der Waals surface area contributed by atoms with Crippen molar-refractivity contribution in [2.24, 2.45) is 0 Å². The highest BCUT2D eigenvalue weighted by atomic mass is 16.5. The van der Waals surface area contributed by atoms with Crippen molar-refractivity contribution in [3.8, 4) is 11.3 Å². The summed E-state index contributed by atoms with van der Waals surface area (Å²) in [6.45, 7) is 1.70. The Morgan fingerprint density at radius 3 is 2.65 bits per heavy atom. The summed E-state index contributed by atoms with van der Waals surface area (Å²) in [6.07, 6.45) is 0. The van der Waals surface area contributed by atoms with Crippen LogP contribution in [0.3, 0.4) is 0 Å². The van der Waals surface area contributed by atoms with Crippen molar-refractivity contribution in [3.63, 3.8) is 0 Å². The van der Waals surface area contributed by atoms with Gasteiger partial charge in [-0.25, -0.2) is 4.79 Å². The Balaban J connectivity index is 2.18. The number of carbonyl (C=O) groups excluding carboxylic acids is 1. The van der Waals surface area contributed by atoms with Gasteiger partial charge in [0.15, 0.2) is 0 Å². The molecule has 2 aromatic carbocycles. The Labute approximate surface area is 116 Å². The van der Waals surface area contributed by atoms with Gasteiger partial charge in [0, 0.05) is 5.56 Å². The predicted octanol–water partition coefficient (Wildman–Crippen LogP) is 3.59. The molecule has 0 aliphatic carbocycles. The first-order chi connectivity index (χ1) is 9.70. The first kappa shape index (κ1) is 12.4. The average molecular weight is 267 g/mol. The van der Waals surface area contributed by atoms with Gasteiger partial charge in [-0.2, -0.15) is 0 Å². The van der Waals surface area contributed by atoms with Crippen LogP contribution in [0.2, 0.25) is 0 Å². The number of aryl methyl sites for hydroxylation is 1. The Morgan fingerprint density at radius 1 is 1.15 bits per heavy atom. The van der Waals surface area contributed by atoms with E-state index in [2.05, 4.69) is 5.16 Å². The zero-order valence-corrected chi connectivity index (χ0v) is 11.2. The molecule has 0 amide bonds. The normalized spacial score (nSPS) is 10.7. The highest BCUT2D eigenvalue weighted by molar-refractivity contribution is 5.98. The van der Waals surface area contributed by atoms with Crippen LogP contribution in [-0.4, -0.2) is 18.2 Å². The van der Waals surface area contributed by atoms with E-state index in [-0.39, 0.29) is 0 Å². The van der Waals surface area contributed by atoms with Crippen LogP contribution in [0.15, 0.2) is 47.0 Å². The van der Waals surface area contributed by atoms with Crippen molar-refractivity contribution >= 4 is 16.7 Å². The van der Waals surface area contributed by atoms with Gasteiger partial charge in [-0.1, -0.05) is 41.6 Å². The molecule has 20 heavy (non-hydrogen) atoms. The third-order valence-electron chi connectivity index (χ3n) is 3.28. The molecule has 100 valence electrons. The summed E-state index contributed by atoms with van der Waals surface area (Å²) in [5, 5.41) is 6.21. The van der Waals surface area contributed by atoms with E-state index in [0.29, 0.717) is 17.0 Å². The van der Waals surface area contributed by atoms with E-state index < -0.39 is 5.97 Å². The molecule has 0 saturated heterocycles. The van der Waals surface area contributed by atoms with E-state index in [1.165, 1.54) is 7.11 Å². The second kappa shape index (κ2) is 4.81. The SMILES string of the molecule is COC(=O)c1c(-c2ccc3ccccc3c2)noc1C. The fourth-order valence-corrected chi connectivity index (χ4v) is 2.25. The molecular weight excluding hydrogens is 254 g/mol. The minimum atomic E-state index is -0.438. The van der Waals surface area contributed by atoms with Crippen molar-refractivity contribution in [1.29, 1.82) is 0 Å². The summed E-state index contributed by atoms with van der Waals surface area (Å²) < 4.78 is 9.92. The average Bonchev–Trinajstić information content (AvgIpc) is 2.87. The van der Waals surface area contributed by atoms with Crippen molar-refractivity contribution in [1.82, 2.24) is 5.16 Å². The third-order valence-corrected chi connectivity index (χ3v) is 3.28. The van der Waals surface area contributed by atoms with Gasteiger partial charge in [0.2, 0.25) is 0 Å². The molecule has 0 fully saturated rings. The maximum Gasteiger partial charge on any atom is 0.343 e. The zero-order chi connectivity index (χ0) is 14.1. The quantitative estimate of drug-likeness (QED) is 0.666. The van der Waals surface area contributed by atoms with Gasteiger partial charge in [-0.3, -0.25) is 0 Å². The van der Waals surface area contributed by atoms with Crippen molar-refractivity contribution in [3.05, 3.63) is 53.8 Å². The lowest BCUT2D eigenvalue weighted by Gasteiger charge is -2.03. The minimum absolute atomic E-state index is 0.378. The van der Waals surface area contributed by atoms with E-state index in [0.717, 1.165) is 16.3 Å². The van der Waals surface area contributed by atoms with Gasteiger partial charge >= 0.3 is 5.97 Å². The van der Waals surface area contributed by atoms with Crippen LogP contribution >= 0.6 is 0 Å². The molecule has 0 aliphatic heterocycles. The third kappa shape index (κ3) is 1.95. The second-order valence-electron chi connectivity index (χ2n) is 4.52. The molecule has 0 N–H and O–H groups in total. The Hall–Kier alpha value is -2.62. The summed E-state index contributed by atoms with van der Waals surface area (Å²) >= 11 is 0. The number of carbonyl (C=O) groups is 1. The number of fused-ring (bicyclic) bond motifs is 1. The van der Waals surface area contributed by atoms with E-state index in [9.17, 15) is 4.79 Å². The molecule has 0 bridgehead atoms. The second-order valence-corrected chi connectivity index (χ2v) is 4.52. The molecule has 0 unspecified atom stereocenters. The number of methoxy groups -OCH3 is 1. The van der Waals surface area contributed by atoms with Gasteiger partial charge in [0.05, 0.1) is 7.11 Å². The fraction of sp³-hybridized carbons (Fsp3) is 0.125. The summed E-state index contributed by atoms with van der Waals surface area (Å²) in [5.41, 5.74) is 1.73. The highest BCUT2D eigenvalue weighted by Crippen LogP contribution is 2.28. The van der Waals surface area contributed by atoms with Gasteiger partial charge in [-0.15, -0.1) is 0 Å². The number of rotatable bonds is 2. The molecule has 4 nitrogen and oxygen atoms in total. The molecular formula is C16H13NO3. The maximum absolute atomic E-state index is 11.8. The summed E-state index contributed by atoms with van der Waals surface area (Å²) in [4.78, 5) is 11.8. The summed E-state index contributed by atoms with van der Waals surface area (Å²) in [5.74, 6) is 0.0203. The van der Waals surface area contributed by atoms with Gasteiger partial charge < -0.3 is 9.26 Å². The van der Waals surface area contributed by atoms with E-state index in [1.807, 2.05) is 42.5 Å². The fourth-order valence-electron chi connectivity index (χ4n) is 2.25. The minimum Gasteiger partial charge on any atom is -0.465 e. The van der Waals surface area contributed by atoms with Crippen molar-refractivity contribution < 1.29 is 14.1 Å². The molecule has 1 aromatic heterocycles. The van der Waals surface area contributed by atoms with Crippen LogP contribution in [0.5, 0.6) is 0 Å². The lowest BCUT2D eigenvalue weighted by molar-refractivity contribution is 0.0599. The van der Waals surface area contributed by atoms with Gasteiger partial charge in [-0.05, 0) is 23.8 Å². The Morgan fingerprint density at radius 2 is 1.90 bits per heavy atom. The lowest BCUT2D eigenvalue weighted by Crippen LogP contribution is -2.03. The van der Waals surface area contributed by atoms with Crippen LogP contribution < -0.4 is 0 Å². The molecule has 3 aromatic rings. The van der Waals surface area contributed by atoms with Crippen LogP contribution in [0.1, 0.15) is 16.1 Å². The number of ether oxygens (including phenoxy) is 1. The number of nitrogens with zero attached hydrogens (tertiary/aromatic N) is 1. The standard InChI is InChI=1S/C16H13NO3/c1-10-14(16(18)19-2)15(17-20-10)13-8-7-11-5-3-4-6-12(11)9-13/h3-9H,1-2H3. The number of esters is 1. The first-order valence-electron chi connectivity index (χ1n) is 6.24. The van der Waals surface area contributed by atoms with E-state index in [1.54, 1.807) is 6.92 Å². The number of benzene rings is 2. The van der Waals surface area contributed by atoms with Crippen molar-refractivity contribution in [2.75, 3.05) is 7.11 Å². The van der Waals surface area contributed by atoms with Gasteiger partial charge in [0.1, 0.15) is 17.0 Å². The van der Waals surface area contributed by atoms with Crippen LogP contribution in [-0.2, 0) is 4.74 Å². The first-order valence-corrected chi connectivity index (χ1v) is 6.24. The molecule has 0 spiro atoms. The Bertz CT molecular complexity index is 789. The number of aromatic nitrogens is 1. The van der Waals surface area contributed by atoms with E-state index >= 15 is 0 Å². The largest absolute Gasteiger partial charge is 0.465 e. The number of hydrogen-bond donors (Lipinski definition) is 0. The predicted molar refractivity (Wildman–Crippen MR) is 75.5 cm³/mol. The van der Waals surface area contributed by atoms with Gasteiger partial charge in [0.25, 0.3) is 0 Å².